The van der Waals surface area contributed by atoms with Gasteiger partial charge >= 0.3 is 6.18 Å². The number of hydrogen-bond acceptors (Lipinski definition) is 0. The maximum Gasteiger partial charge on any atom is 0.443 e. The van der Waals surface area contributed by atoms with Crippen molar-refractivity contribution in [1.82, 2.24) is 0 Å². The predicted molar refractivity (Wildman–Crippen MR) is 19.6 cm³/mol. The third-order valence-corrected chi connectivity index (χ3v) is 0.442. The summed E-state index contributed by atoms with van der Waals surface area (Å²) in [4.78, 5) is 0. The van der Waals surface area contributed by atoms with E-state index in [0.29, 0.717) is 0 Å². The molecular weight excluding hydrogens is 946 g/mol. The molecule has 1 nitrogen and oxygen atoms in total. The molecule has 60 valence electrons. The van der Waals surface area contributed by atoms with Gasteiger partial charge in [-0.1, -0.05) is 0 Å². The Morgan fingerprint density at radius 2 is 1.17 bits per heavy atom. The number of hydrogen-bond donors (Lipinski definition) is 0. The van der Waals surface area contributed by atoms with Crippen molar-refractivity contribution in [2.24, 2.45) is 0 Å². The molecule has 0 aliphatic heterocycles. The third-order valence-electron chi connectivity index (χ3n) is 0.442. The Balaban J connectivity index is -0.000000107. The van der Waals surface area contributed by atoms with Gasteiger partial charge in [-0.25, -0.2) is 8.78 Å². The first kappa shape index (κ1) is 24.1. The van der Waals surface area contributed by atoms with E-state index in [-0.39, 0.29) is 0 Å². The molecule has 12 heavy (non-hydrogen) atoms. The standard InChI is InChI=1S/C3HF5N.3Rf/c4-1(2(5)9)3(6,7)8;;;/h9H;;;/q-1;;;/b2-1-;;;. The first-order chi connectivity index (χ1) is 3.85. The van der Waals surface area contributed by atoms with Crippen LogP contribution in [0, 0.1) is 0 Å². The molecule has 0 aromatic rings. The zero-order valence-corrected chi connectivity index (χ0v) is 25.2. The molecule has 0 bridgehead atoms. The van der Waals surface area contributed by atoms with Crippen LogP contribution in [0.3, 0.4) is 0 Å². The predicted octanol–water partition coefficient (Wildman–Crippen LogP) is 2.71. The van der Waals surface area contributed by atoms with E-state index < -0.39 is 18.0 Å². The Hall–Kier alpha value is -3.81. The Kier molecular flexibility index (Phi) is 8.25. The number of nitrogens with one attached hydrogen (secondary N) is 1. The van der Waals surface area contributed by atoms with E-state index >= 15 is 0 Å². The summed E-state index contributed by atoms with van der Waals surface area (Å²) in [6, 6.07) is 0. The van der Waals surface area contributed by atoms with Crippen LogP contribution in [0.1, 0.15) is 0 Å². The third kappa shape index (κ3) is 4.35. The van der Waals surface area contributed by atoms with Crippen molar-refractivity contribution in [3.8, 4) is 0 Å². The maximum atomic E-state index is 11.2. The monoisotopic (exact) mass is 947 g/mol. The van der Waals surface area contributed by atoms with Gasteiger partial charge in [0.25, 0.3) is 0 Å². The van der Waals surface area contributed by atoms with Crippen LogP contribution in [0.5, 0.6) is 0 Å². The summed E-state index contributed by atoms with van der Waals surface area (Å²) in [5.41, 5.74) is 5.56. The fraction of sp³-hybridized carbons (Fsp3) is 0.333. The fourth-order valence-electron chi connectivity index (χ4n) is 0.124. The molecule has 0 rings (SSSR count). The Labute approximate surface area is 46.9 Å². The molecule has 1 N–H and O–H groups in total. The molecule has 0 saturated carbocycles. The van der Waals surface area contributed by atoms with Crippen molar-refractivity contribution >= 4 is 0 Å². The van der Waals surface area contributed by atoms with Crippen molar-refractivity contribution < 1.29 is 22.0 Å². The molecule has 0 spiro atoms. The van der Waals surface area contributed by atoms with E-state index in [4.69, 9.17) is 5.73 Å². The topological polar surface area (TPSA) is 23.8 Å². The van der Waals surface area contributed by atoms with Crippen molar-refractivity contribution in [2.75, 3.05) is 0 Å². The molecule has 0 unspecified atom stereocenters. The molecule has 9 heteroatoms. The van der Waals surface area contributed by atoms with Gasteiger partial charge in [-0.3, -0.25) is 0 Å². The minimum absolute atomic E-state index is 0. The molecular formula is C3HF5NRf3-. The Morgan fingerprint density at radius 3 is 1.17 bits per heavy atom. The quantitative estimate of drug-likeness (QED) is 0.264. The number of rotatable bonds is 0. The molecule has 0 fully saturated rings. The summed E-state index contributed by atoms with van der Waals surface area (Å²) in [5, 5.41) is 0. The molecule has 0 atom stereocenters. The normalized spacial score (nSPS) is 11.4. The van der Waals surface area contributed by atoms with Crippen molar-refractivity contribution in [2.45, 2.75) is 6.18 Å². The first-order valence-electron chi connectivity index (χ1n) is 1.69. The van der Waals surface area contributed by atoms with Crippen molar-refractivity contribution in [3.05, 3.63) is 17.5 Å². The number of alkyl halides is 3. The molecule has 0 radical (unpaired) electrons. The second kappa shape index (κ2) is 4.11. The van der Waals surface area contributed by atoms with Gasteiger partial charge in [0.2, 0.25) is 5.83 Å². The largest absolute Gasteiger partial charge is 0.672 e. The van der Waals surface area contributed by atoms with Gasteiger partial charge in [-0.05, 0) is 0 Å². The zero-order chi connectivity index (χ0) is 7.65. The van der Waals surface area contributed by atoms with E-state index in [1.165, 1.54) is 0 Å². The Bertz CT molecular complexity index is 139. The van der Waals surface area contributed by atoms with Gasteiger partial charge in [0.1, 0.15) is 0 Å². The number of allylic oxidation sites excluding steroid dienone is 1. The summed E-state index contributed by atoms with van der Waals surface area (Å²) < 4.78 is 55.0. The van der Waals surface area contributed by atoms with Crippen LogP contribution < -0.4 is 0 Å². The maximum absolute atomic E-state index is 11.2. The van der Waals surface area contributed by atoms with Crippen LogP contribution >= 0.6 is 0 Å². The summed E-state index contributed by atoms with van der Waals surface area (Å²) in [7, 11) is 0. The first-order valence-corrected chi connectivity index (χ1v) is 1.69. The molecule has 0 heterocycles. The van der Waals surface area contributed by atoms with E-state index in [2.05, 4.69) is 0 Å². The molecule has 0 saturated heterocycles. The van der Waals surface area contributed by atoms with Crippen molar-refractivity contribution in [3.63, 3.8) is 0 Å². The van der Waals surface area contributed by atoms with Crippen LogP contribution in [-0.4, -0.2) is 6.18 Å². The van der Waals surface area contributed by atoms with Crippen molar-refractivity contribution in [1.29, 1.82) is 0 Å². The second-order valence-corrected chi connectivity index (χ2v) is 1.13. The van der Waals surface area contributed by atoms with Crippen LogP contribution in [0.25, 0.3) is 5.73 Å². The van der Waals surface area contributed by atoms with E-state index in [0.717, 1.165) is 0 Å². The summed E-state index contributed by atoms with van der Waals surface area (Å²) in [6.07, 6.45) is -5.37. The van der Waals surface area contributed by atoms with Crippen LogP contribution in [0.15, 0.2) is 11.8 Å². The van der Waals surface area contributed by atoms with Gasteiger partial charge in [-0.15, -0.1) is 0 Å². The molecule has 0 aromatic carbocycles. The van der Waals surface area contributed by atoms with E-state index in [1.54, 1.807) is 0 Å². The fourth-order valence-corrected chi connectivity index (χ4v) is 0.124. The van der Waals surface area contributed by atoms with E-state index in [9.17, 15) is 22.0 Å². The van der Waals surface area contributed by atoms with Crippen LogP contribution in [0.2, 0.25) is 0 Å². The summed E-state index contributed by atoms with van der Waals surface area (Å²) >= 11 is 0. The van der Waals surface area contributed by atoms with Gasteiger partial charge < -0.3 is 5.73 Å². The Morgan fingerprint density at radius 1 is 0.917 bits per heavy atom. The smallest absolute Gasteiger partial charge is 0.443 e. The molecule has 0 aromatic heterocycles. The van der Waals surface area contributed by atoms with Gasteiger partial charge in [0.15, 0.2) is 0 Å². The summed E-state index contributed by atoms with van der Waals surface area (Å²) in [6.45, 7) is 0. The molecule has 0 aliphatic rings. The second-order valence-electron chi connectivity index (χ2n) is 1.13. The SMILES string of the molecule is [NH-]/C(F)=C(\F)C(F)(F)F.[Rf].[Rf].[Rf]. The van der Waals surface area contributed by atoms with Crippen LogP contribution in [0.4, 0.5) is 22.0 Å². The number of halogens is 5. The van der Waals surface area contributed by atoms with E-state index in [1.807, 2.05) is 0 Å². The summed E-state index contributed by atoms with van der Waals surface area (Å²) in [5.74, 6) is -5.59. The zero-order valence-electron chi connectivity index (χ0n) is 6.01. The average Bonchev–Trinajstić information content (AvgIpc) is 1.62. The van der Waals surface area contributed by atoms with Gasteiger partial charge in [-0.2, -0.15) is 13.2 Å². The molecule has 0 amide bonds. The molecule has 0 aliphatic carbocycles. The average molecular weight is 947 g/mol. The van der Waals surface area contributed by atoms with Gasteiger partial charge in [0.05, 0.1) is 5.95 Å². The minimum Gasteiger partial charge on any atom is -0.672 e. The minimum atomic E-state index is -5.37. The van der Waals surface area contributed by atoms with Crippen LogP contribution in [-0.2, 0) is 0 Å². The van der Waals surface area contributed by atoms with Gasteiger partial charge in [0, 0.05) is 0 Å².